The number of nitrogens with one attached hydrogen (secondary N) is 1. The molecule has 0 saturated heterocycles. The van der Waals surface area contributed by atoms with Crippen LogP contribution >= 0.6 is 0 Å². The van der Waals surface area contributed by atoms with Gasteiger partial charge in [0.1, 0.15) is 11.9 Å². The number of ether oxygens (including phenoxy) is 1. The minimum atomic E-state index is 0.186. The van der Waals surface area contributed by atoms with Crippen LogP contribution < -0.4 is 10.1 Å². The van der Waals surface area contributed by atoms with E-state index in [9.17, 15) is 0 Å². The van der Waals surface area contributed by atoms with Crippen molar-refractivity contribution in [3.05, 3.63) is 36.5 Å². The maximum absolute atomic E-state index is 6.00. The SMILES string of the molecule is CCC(CNC(C)C)Oc1cnc2ccccc2c1. The van der Waals surface area contributed by atoms with E-state index in [0.29, 0.717) is 6.04 Å². The van der Waals surface area contributed by atoms with Crippen molar-refractivity contribution in [2.45, 2.75) is 39.3 Å². The molecule has 0 radical (unpaired) electrons. The molecule has 0 bridgehead atoms. The first-order valence-corrected chi connectivity index (χ1v) is 6.94. The van der Waals surface area contributed by atoms with E-state index in [1.807, 2.05) is 18.2 Å². The van der Waals surface area contributed by atoms with Crippen molar-refractivity contribution < 1.29 is 4.74 Å². The second kappa shape index (κ2) is 6.53. The van der Waals surface area contributed by atoms with Crippen LogP contribution in [0.3, 0.4) is 0 Å². The second-order valence-electron chi connectivity index (χ2n) is 5.07. The number of hydrogen-bond donors (Lipinski definition) is 1. The molecule has 1 heterocycles. The van der Waals surface area contributed by atoms with Crippen molar-refractivity contribution in [3.63, 3.8) is 0 Å². The molecule has 0 aliphatic rings. The Morgan fingerprint density at radius 2 is 2.05 bits per heavy atom. The molecular weight excluding hydrogens is 236 g/mol. The summed E-state index contributed by atoms with van der Waals surface area (Å²) in [6, 6.07) is 10.6. The van der Waals surface area contributed by atoms with Crippen LogP contribution in [-0.2, 0) is 0 Å². The van der Waals surface area contributed by atoms with Gasteiger partial charge in [-0.3, -0.25) is 4.98 Å². The van der Waals surface area contributed by atoms with E-state index in [1.165, 1.54) is 0 Å². The first-order chi connectivity index (χ1) is 9.19. The first-order valence-electron chi connectivity index (χ1n) is 6.94. The lowest BCUT2D eigenvalue weighted by atomic mass is 10.2. The summed E-state index contributed by atoms with van der Waals surface area (Å²) in [7, 11) is 0. The van der Waals surface area contributed by atoms with Gasteiger partial charge in [-0.15, -0.1) is 0 Å². The Balaban J connectivity index is 2.06. The molecule has 0 spiro atoms. The Morgan fingerprint density at radius 1 is 1.26 bits per heavy atom. The zero-order chi connectivity index (χ0) is 13.7. The van der Waals surface area contributed by atoms with E-state index in [0.717, 1.165) is 29.6 Å². The smallest absolute Gasteiger partial charge is 0.138 e. The van der Waals surface area contributed by atoms with E-state index in [2.05, 4.69) is 43.2 Å². The van der Waals surface area contributed by atoms with Gasteiger partial charge < -0.3 is 10.1 Å². The molecule has 0 amide bonds. The standard InChI is InChI=1S/C16H22N2O/c1-4-14(10-17-12(2)3)19-15-9-13-7-5-6-8-16(13)18-11-15/h5-9,11-12,14,17H,4,10H2,1-3H3. The second-order valence-corrected chi connectivity index (χ2v) is 5.07. The van der Waals surface area contributed by atoms with Crippen LogP contribution in [0.4, 0.5) is 0 Å². The molecule has 1 unspecified atom stereocenters. The predicted molar refractivity (Wildman–Crippen MR) is 79.6 cm³/mol. The Hall–Kier alpha value is -1.61. The third-order valence-corrected chi connectivity index (χ3v) is 3.08. The molecule has 1 aromatic carbocycles. The van der Waals surface area contributed by atoms with Crippen LogP contribution in [0.5, 0.6) is 5.75 Å². The average Bonchev–Trinajstić information content (AvgIpc) is 2.43. The quantitative estimate of drug-likeness (QED) is 0.862. The molecule has 1 N–H and O–H groups in total. The average molecular weight is 258 g/mol. The van der Waals surface area contributed by atoms with Crippen molar-refractivity contribution in [2.75, 3.05) is 6.54 Å². The molecule has 3 nitrogen and oxygen atoms in total. The van der Waals surface area contributed by atoms with E-state index in [4.69, 9.17) is 4.74 Å². The van der Waals surface area contributed by atoms with Gasteiger partial charge in [-0.1, -0.05) is 39.0 Å². The lowest BCUT2D eigenvalue weighted by Gasteiger charge is -2.19. The fraction of sp³-hybridized carbons (Fsp3) is 0.438. The van der Waals surface area contributed by atoms with Crippen molar-refractivity contribution in [3.8, 4) is 5.75 Å². The molecule has 1 atom stereocenters. The summed E-state index contributed by atoms with van der Waals surface area (Å²) in [5.74, 6) is 0.844. The topological polar surface area (TPSA) is 34.1 Å². The van der Waals surface area contributed by atoms with Crippen molar-refractivity contribution >= 4 is 10.9 Å². The summed E-state index contributed by atoms with van der Waals surface area (Å²) >= 11 is 0. The molecular formula is C16H22N2O. The van der Waals surface area contributed by atoms with Crippen molar-refractivity contribution in [1.29, 1.82) is 0 Å². The molecule has 0 aliphatic heterocycles. The highest BCUT2D eigenvalue weighted by Gasteiger charge is 2.09. The van der Waals surface area contributed by atoms with Crippen LogP contribution in [-0.4, -0.2) is 23.7 Å². The maximum Gasteiger partial charge on any atom is 0.138 e. The van der Waals surface area contributed by atoms with Crippen molar-refractivity contribution in [2.24, 2.45) is 0 Å². The molecule has 2 aromatic rings. The van der Waals surface area contributed by atoms with Crippen LogP contribution in [0.15, 0.2) is 36.5 Å². The fourth-order valence-corrected chi connectivity index (χ4v) is 1.94. The predicted octanol–water partition coefficient (Wildman–Crippen LogP) is 3.39. The van der Waals surface area contributed by atoms with Crippen LogP contribution in [0.25, 0.3) is 10.9 Å². The molecule has 0 fully saturated rings. The lowest BCUT2D eigenvalue weighted by molar-refractivity contribution is 0.190. The number of benzene rings is 1. The number of fused-ring (bicyclic) bond motifs is 1. The Labute approximate surface area is 115 Å². The Bertz CT molecular complexity index is 525. The van der Waals surface area contributed by atoms with Crippen molar-refractivity contribution in [1.82, 2.24) is 10.3 Å². The van der Waals surface area contributed by atoms with E-state index < -0.39 is 0 Å². The van der Waals surface area contributed by atoms with Gasteiger partial charge in [0.15, 0.2) is 0 Å². The number of aromatic nitrogens is 1. The minimum absolute atomic E-state index is 0.186. The molecule has 0 saturated carbocycles. The summed E-state index contributed by atoms with van der Waals surface area (Å²) in [4.78, 5) is 4.42. The lowest BCUT2D eigenvalue weighted by Crippen LogP contribution is -2.34. The summed E-state index contributed by atoms with van der Waals surface area (Å²) in [5.41, 5.74) is 1.00. The molecule has 1 aromatic heterocycles. The molecule has 19 heavy (non-hydrogen) atoms. The van der Waals surface area contributed by atoms with Gasteiger partial charge in [0.25, 0.3) is 0 Å². The monoisotopic (exact) mass is 258 g/mol. The first kappa shape index (κ1) is 13.8. The maximum atomic E-state index is 6.00. The largest absolute Gasteiger partial charge is 0.487 e. The van der Waals surface area contributed by atoms with Gasteiger partial charge in [-0.2, -0.15) is 0 Å². The number of rotatable bonds is 6. The summed E-state index contributed by atoms with van der Waals surface area (Å²) in [6.07, 6.45) is 2.97. The van der Waals surface area contributed by atoms with Gasteiger partial charge in [-0.05, 0) is 18.6 Å². The van der Waals surface area contributed by atoms with Crippen LogP contribution in [0.1, 0.15) is 27.2 Å². The highest BCUT2D eigenvalue weighted by atomic mass is 16.5. The van der Waals surface area contributed by atoms with E-state index >= 15 is 0 Å². The highest BCUT2D eigenvalue weighted by molar-refractivity contribution is 5.79. The third kappa shape index (κ3) is 3.93. The normalized spacial score (nSPS) is 12.8. The molecule has 2 rings (SSSR count). The molecule has 102 valence electrons. The van der Waals surface area contributed by atoms with Crippen LogP contribution in [0.2, 0.25) is 0 Å². The van der Waals surface area contributed by atoms with E-state index in [-0.39, 0.29) is 6.10 Å². The summed E-state index contributed by atoms with van der Waals surface area (Å²) in [6.45, 7) is 7.29. The van der Waals surface area contributed by atoms with Gasteiger partial charge in [0, 0.05) is 18.0 Å². The fourth-order valence-electron chi connectivity index (χ4n) is 1.94. The number of pyridine rings is 1. The third-order valence-electron chi connectivity index (χ3n) is 3.08. The van der Waals surface area contributed by atoms with Gasteiger partial charge in [0.2, 0.25) is 0 Å². The van der Waals surface area contributed by atoms with Gasteiger partial charge in [-0.25, -0.2) is 0 Å². The van der Waals surface area contributed by atoms with Gasteiger partial charge >= 0.3 is 0 Å². The minimum Gasteiger partial charge on any atom is -0.487 e. The van der Waals surface area contributed by atoms with E-state index in [1.54, 1.807) is 6.20 Å². The summed E-state index contributed by atoms with van der Waals surface area (Å²) in [5, 5.41) is 4.53. The van der Waals surface area contributed by atoms with Crippen LogP contribution in [0, 0.1) is 0 Å². The molecule has 0 aliphatic carbocycles. The zero-order valence-corrected chi connectivity index (χ0v) is 11.9. The summed E-state index contributed by atoms with van der Waals surface area (Å²) < 4.78 is 6.00. The number of para-hydroxylation sites is 1. The number of hydrogen-bond acceptors (Lipinski definition) is 3. The zero-order valence-electron chi connectivity index (χ0n) is 11.9. The molecule has 3 heteroatoms. The Kier molecular flexibility index (Phi) is 4.74. The number of nitrogens with zero attached hydrogens (tertiary/aromatic N) is 1. The highest BCUT2D eigenvalue weighted by Crippen LogP contribution is 2.19. The van der Waals surface area contributed by atoms with Gasteiger partial charge in [0.05, 0.1) is 11.7 Å². The Morgan fingerprint density at radius 3 is 2.79 bits per heavy atom.